The fourth-order valence-corrected chi connectivity index (χ4v) is 2.94. The first-order chi connectivity index (χ1) is 8.81. The average Bonchev–Trinajstić information content (AvgIpc) is 2.70. The minimum absolute atomic E-state index is 0.0156. The molecule has 8 heteroatoms. The molecule has 1 aromatic heterocycles. The lowest BCUT2D eigenvalue weighted by Gasteiger charge is -2.10. The molecule has 3 N–H and O–H groups in total. The summed E-state index contributed by atoms with van der Waals surface area (Å²) in [6, 6.07) is 4.29. The van der Waals surface area contributed by atoms with Gasteiger partial charge in [-0.25, -0.2) is 8.42 Å². The van der Waals surface area contributed by atoms with Crippen LogP contribution in [0, 0.1) is 6.92 Å². The summed E-state index contributed by atoms with van der Waals surface area (Å²) in [6.07, 6.45) is 1.49. The van der Waals surface area contributed by atoms with Gasteiger partial charge in [0, 0.05) is 23.8 Å². The van der Waals surface area contributed by atoms with Crippen LogP contribution in [0.25, 0.3) is 0 Å². The lowest BCUT2D eigenvalue weighted by Crippen LogP contribution is -2.16. The van der Waals surface area contributed by atoms with Crippen LogP contribution in [-0.2, 0) is 17.1 Å². The molecule has 2 aromatic rings. The molecule has 1 heterocycles. The van der Waals surface area contributed by atoms with Crippen LogP contribution >= 0.6 is 11.6 Å². The van der Waals surface area contributed by atoms with Crippen LogP contribution in [0.4, 0.5) is 11.5 Å². The monoisotopic (exact) mass is 300 g/mol. The van der Waals surface area contributed by atoms with Crippen molar-refractivity contribution in [3.05, 3.63) is 35.0 Å². The summed E-state index contributed by atoms with van der Waals surface area (Å²) in [6.45, 7) is 1.72. The van der Waals surface area contributed by atoms with Gasteiger partial charge in [-0.3, -0.25) is 9.40 Å². The number of hydrogen-bond acceptors (Lipinski definition) is 4. The number of anilines is 2. The smallest absolute Gasteiger partial charge is 0.263 e. The Balaban J connectivity index is 2.43. The number of halogens is 1. The SMILES string of the molecule is Cc1c(N)cc(S(=O)(=O)Nc2ccnn2C)cc1Cl. The number of aromatic nitrogens is 2. The molecule has 0 spiro atoms. The van der Waals surface area contributed by atoms with Crippen molar-refractivity contribution in [3.8, 4) is 0 Å². The highest BCUT2D eigenvalue weighted by Crippen LogP contribution is 2.26. The summed E-state index contributed by atoms with van der Waals surface area (Å²) in [5.74, 6) is 0.357. The highest BCUT2D eigenvalue weighted by Gasteiger charge is 2.18. The Morgan fingerprint density at radius 2 is 2.11 bits per heavy atom. The molecule has 6 nitrogen and oxygen atoms in total. The van der Waals surface area contributed by atoms with Crippen LogP contribution in [0.5, 0.6) is 0 Å². The van der Waals surface area contributed by atoms with E-state index in [1.807, 2.05) is 0 Å². The number of nitrogens with zero attached hydrogens (tertiary/aromatic N) is 2. The molecular formula is C11H13ClN4O2S. The highest BCUT2D eigenvalue weighted by atomic mass is 35.5. The minimum atomic E-state index is -3.74. The number of rotatable bonds is 3. The van der Waals surface area contributed by atoms with Gasteiger partial charge in [0.2, 0.25) is 0 Å². The van der Waals surface area contributed by atoms with Crippen molar-refractivity contribution in [2.45, 2.75) is 11.8 Å². The van der Waals surface area contributed by atoms with E-state index in [9.17, 15) is 8.42 Å². The fourth-order valence-electron chi connectivity index (χ4n) is 1.50. The van der Waals surface area contributed by atoms with E-state index in [-0.39, 0.29) is 4.90 Å². The van der Waals surface area contributed by atoms with Gasteiger partial charge in [0.25, 0.3) is 10.0 Å². The van der Waals surface area contributed by atoms with Crippen molar-refractivity contribution in [1.29, 1.82) is 0 Å². The molecule has 0 unspecified atom stereocenters. The lowest BCUT2D eigenvalue weighted by atomic mass is 10.2. The van der Waals surface area contributed by atoms with Gasteiger partial charge in [0.15, 0.2) is 0 Å². The van der Waals surface area contributed by atoms with Crippen LogP contribution in [0.1, 0.15) is 5.56 Å². The van der Waals surface area contributed by atoms with E-state index in [1.54, 1.807) is 20.0 Å². The third-order valence-electron chi connectivity index (χ3n) is 2.73. The second kappa shape index (κ2) is 4.75. The number of nitrogens with two attached hydrogens (primary N) is 1. The van der Waals surface area contributed by atoms with E-state index >= 15 is 0 Å². The van der Waals surface area contributed by atoms with Gasteiger partial charge in [-0.15, -0.1) is 0 Å². The predicted molar refractivity (Wildman–Crippen MR) is 74.6 cm³/mol. The highest BCUT2D eigenvalue weighted by molar-refractivity contribution is 7.92. The molecule has 19 heavy (non-hydrogen) atoms. The van der Waals surface area contributed by atoms with Gasteiger partial charge in [0.1, 0.15) is 5.82 Å². The first-order valence-corrected chi connectivity index (χ1v) is 7.24. The van der Waals surface area contributed by atoms with Crippen LogP contribution < -0.4 is 10.5 Å². The fraction of sp³-hybridized carbons (Fsp3) is 0.182. The molecule has 2 rings (SSSR count). The first-order valence-electron chi connectivity index (χ1n) is 5.37. The Hall–Kier alpha value is -1.73. The zero-order valence-electron chi connectivity index (χ0n) is 10.4. The van der Waals surface area contributed by atoms with E-state index in [4.69, 9.17) is 17.3 Å². The van der Waals surface area contributed by atoms with Crippen molar-refractivity contribution in [2.24, 2.45) is 7.05 Å². The molecule has 0 amide bonds. The summed E-state index contributed by atoms with van der Waals surface area (Å²) < 4.78 is 28.2. The van der Waals surface area contributed by atoms with Crippen LogP contribution in [-0.4, -0.2) is 18.2 Å². The average molecular weight is 301 g/mol. The van der Waals surface area contributed by atoms with E-state index in [2.05, 4.69) is 9.82 Å². The minimum Gasteiger partial charge on any atom is -0.398 e. The van der Waals surface area contributed by atoms with E-state index in [0.717, 1.165) is 0 Å². The van der Waals surface area contributed by atoms with Crippen LogP contribution in [0.2, 0.25) is 5.02 Å². The standard InChI is InChI=1S/C11H13ClN4O2S/c1-7-9(12)5-8(6-10(7)13)19(17,18)15-11-3-4-14-16(11)2/h3-6,15H,13H2,1-2H3. The van der Waals surface area contributed by atoms with Crippen molar-refractivity contribution >= 4 is 33.1 Å². The summed E-state index contributed by atoms with van der Waals surface area (Å²) in [7, 11) is -2.11. The van der Waals surface area contributed by atoms with E-state index < -0.39 is 10.0 Å². The summed E-state index contributed by atoms with van der Waals surface area (Å²) >= 11 is 5.95. The van der Waals surface area contributed by atoms with Gasteiger partial charge >= 0.3 is 0 Å². The first kappa shape index (κ1) is 13.7. The molecule has 0 atom stereocenters. The molecule has 0 fully saturated rings. The summed E-state index contributed by atoms with van der Waals surface area (Å²) in [4.78, 5) is 0.0156. The number of aryl methyl sites for hydroxylation is 1. The van der Waals surface area contributed by atoms with Crippen LogP contribution in [0.15, 0.2) is 29.3 Å². The number of benzene rings is 1. The molecule has 0 aliphatic heterocycles. The molecule has 0 aliphatic carbocycles. The molecule has 0 aliphatic rings. The van der Waals surface area contributed by atoms with Crippen molar-refractivity contribution in [2.75, 3.05) is 10.5 Å². The zero-order chi connectivity index (χ0) is 14.2. The molecule has 1 aromatic carbocycles. The molecule has 0 bridgehead atoms. The van der Waals surface area contributed by atoms with Gasteiger partial charge in [-0.05, 0) is 24.6 Å². The lowest BCUT2D eigenvalue weighted by molar-refractivity contribution is 0.600. The maximum absolute atomic E-state index is 12.2. The third kappa shape index (κ3) is 2.66. The van der Waals surface area contributed by atoms with E-state index in [1.165, 1.54) is 23.0 Å². The number of hydrogen-bond donors (Lipinski definition) is 2. The normalized spacial score (nSPS) is 11.5. The van der Waals surface area contributed by atoms with Gasteiger partial charge in [-0.2, -0.15) is 5.10 Å². The Morgan fingerprint density at radius 3 is 2.63 bits per heavy atom. The topological polar surface area (TPSA) is 90.0 Å². The van der Waals surface area contributed by atoms with Gasteiger partial charge in [-0.1, -0.05) is 11.6 Å². The van der Waals surface area contributed by atoms with Crippen LogP contribution in [0.3, 0.4) is 0 Å². The molecule has 0 saturated carbocycles. The quantitative estimate of drug-likeness (QED) is 0.845. The largest absolute Gasteiger partial charge is 0.398 e. The number of nitrogens with one attached hydrogen (secondary N) is 1. The molecule has 0 saturated heterocycles. The second-order valence-corrected chi connectivity index (χ2v) is 6.15. The second-order valence-electron chi connectivity index (χ2n) is 4.06. The Labute approximate surface area is 116 Å². The Kier molecular flexibility index (Phi) is 3.42. The van der Waals surface area contributed by atoms with Crippen molar-refractivity contribution < 1.29 is 8.42 Å². The Morgan fingerprint density at radius 1 is 1.42 bits per heavy atom. The molecule has 0 radical (unpaired) electrons. The zero-order valence-corrected chi connectivity index (χ0v) is 12.0. The summed E-state index contributed by atoms with van der Waals surface area (Å²) in [5, 5.41) is 4.19. The van der Waals surface area contributed by atoms with Gasteiger partial charge in [0.05, 0.1) is 11.1 Å². The summed E-state index contributed by atoms with van der Waals surface area (Å²) in [5.41, 5.74) is 6.71. The van der Waals surface area contributed by atoms with Crippen molar-refractivity contribution in [1.82, 2.24) is 9.78 Å². The third-order valence-corrected chi connectivity index (χ3v) is 4.45. The number of nitrogen functional groups attached to an aromatic ring is 1. The van der Waals surface area contributed by atoms with Crippen molar-refractivity contribution in [3.63, 3.8) is 0 Å². The molecule has 102 valence electrons. The predicted octanol–water partition coefficient (Wildman–Crippen LogP) is 1.76. The molecular weight excluding hydrogens is 288 g/mol. The number of sulfonamides is 1. The van der Waals surface area contributed by atoms with Gasteiger partial charge < -0.3 is 5.73 Å². The maximum atomic E-state index is 12.2. The van der Waals surface area contributed by atoms with E-state index in [0.29, 0.717) is 22.1 Å². The maximum Gasteiger partial charge on any atom is 0.263 e. The Bertz CT molecular complexity index is 701.